The fourth-order valence-corrected chi connectivity index (χ4v) is 2.84. The minimum Gasteiger partial charge on any atom is -0.424 e. The van der Waals surface area contributed by atoms with Crippen LogP contribution in [0, 0.1) is 0 Å². The van der Waals surface area contributed by atoms with Gasteiger partial charge in [-0.3, -0.25) is 0 Å². The minimum absolute atomic E-state index is 0.197. The Morgan fingerprint density at radius 1 is 0.781 bits per heavy atom. The van der Waals surface area contributed by atoms with Crippen LogP contribution >= 0.6 is 15.9 Å². The van der Waals surface area contributed by atoms with Crippen molar-refractivity contribution in [2.24, 2.45) is 5.73 Å². The van der Waals surface area contributed by atoms with Crippen molar-refractivity contribution in [1.82, 2.24) is 15.0 Å². The van der Waals surface area contributed by atoms with E-state index in [1.807, 2.05) is 54.6 Å². The SMILES string of the molecule is NCCOCCOCCNc1nc(NCc2ccc(Br)cc2)nc(Oc2ccccc2)n1. The van der Waals surface area contributed by atoms with Gasteiger partial charge in [-0.05, 0) is 29.8 Å². The number of anilines is 2. The minimum atomic E-state index is 0.197. The van der Waals surface area contributed by atoms with Gasteiger partial charge in [0, 0.05) is 24.1 Å². The molecule has 1 aromatic heterocycles. The van der Waals surface area contributed by atoms with Crippen molar-refractivity contribution in [2.75, 3.05) is 50.2 Å². The Morgan fingerprint density at radius 3 is 2.19 bits per heavy atom. The highest BCUT2D eigenvalue weighted by atomic mass is 79.9. The summed E-state index contributed by atoms with van der Waals surface area (Å²) in [7, 11) is 0. The van der Waals surface area contributed by atoms with Gasteiger partial charge in [0.1, 0.15) is 5.75 Å². The van der Waals surface area contributed by atoms with Crippen LogP contribution in [0.5, 0.6) is 11.8 Å². The van der Waals surface area contributed by atoms with E-state index in [1.165, 1.54) is 0 Å². The van der Waals surface area contributed by atoms with Gasteiger partial charge >= 0.3 is 6.01 Å². The molecule has 3 rings (SSSR count). The molecule has 2 aromatic carbocycles. The predicted molar refractivity (Wildman–Crippen MR) is 127 cm³/mol. The van der Waals surface area contributed by atoms with Gasteiger partial charge in [0.15, 0.2) is 0 Å². The third-order valence-electron chi connectivity index (χ3n) is 4.09. The zero-order valence-corrected chi connectivity index (χ0v) is 19.3. The second-order valence-corrected chi connectivity index (χ2v) is 7.52. The van der Waals surface area contributed by atoms with Crippen molar-refractivity contribution in [1.29, 1.82) is 0 Å². The Labute approximate surface area is 195 Å². The van der Waals surface area contributed by atoms with Crippen LogP contribution in [0.4, 0.5) is 11.9 Å². The van der Waals surface area contributed by atoms with E-state index < -0.39 is 0 Å². The molecule has 10 heteroatoms. The van der Waals surface area contributed by atoms with Crippen molar-refractivity contribution >= 4 is 27.8 Å². The molecule has 32 heavy (non-hydrogen) atoms. The van der Waals surface area contributed by atoms with E-state index in [0.29, 0.717) is 63.7 Å². The molecule has 0 aliphatic heterocycles. The third kappa shape index (κ3) is 8.75. The second kappa shape index (κ2) is 13.6. The summed E-state index contributed by atoms with van der Waals surface area (Å²) in [6.45, 7) is 3.63. The molecule has 4 N–H and O–H groups in total. The summed E-state index contributed by atoms with van der Waals surface area (Å²) < 4.78 is 17.6. The number of nitrogens with two attached hydrogens (primary N) is 1. The van der Waals surface area contributed by atoms with E-state index in [2.05, 4.69) is 41.5 Å². The van der Waals surface area contributed by atoms with Gasteiger partial charge in [0.25, 0.3) is 0 Å². The van der Waals surface area contributed by atoms with Gasteiger partial charge in [0.2, 0.25) is 11.9 Å². The lowest BCUT2D eigenvalue weighted by Gasteiger charge is -2.11. The molecule has 0 saturated heterocycles. The summed E-state index contributed by atoms with van der Waals surface area (Å²) in [5.74, 6) is 1.45. The van der Waals surface area contributed by atoms with Gasteiger partial charge in [-0.25, -0.2) is 0 Å². The number of rotatable bonds is 14. The number of hydrogen-bond donors (Lipinski definition) is 3. The molecular formula is C22H27BrN6O3. The van der Waals surface area contributed by atoms with Crippen LogP contribution in [0.25, 0.3) is 0 Å². The summed E-state index contributed by atoms with van der Waals surface area (Å²) >= 11 is 3.44. The van der Waals surface area contributed by atoms with Crippen molar-refractivity contribution in [3.05, 3.63) is 64.6 Å². The summed E-state index contributed by atoms with van der Waals surface area (Å²) in [4.78, 5) is 13.2. The predicted octanol–water partition coefficient (Wildman–Crippen LogP) is 3.44. The second-order valence-electron chi connectivity index (χ2n) is 6.60. The van der Waals surface area contributed by atoms with Crippen LogP contribution in [0.15, 0.2) is 59.1 Å². The van der Waals surface area contributed by atoms with Gasteiger partial charge < -0.3 is 30.6 Å². The fraction of sp³-hybridized carbons (Fsp3) is 0.318. The van der Waals surface area contributed by atoms with E-state index in [0.717, 1.165) is 10.0 Å². The van der Waals surface area contributed by atoms with Crippen molar-refractivity contribution < 1.29 is 14.2 Å². The Kier molecular flexibility index (Phi) is 10.1. The van der Waals surface area contributed by atoms with E-state index >= 15 is 0 Å². The Hall–Kier alpha value is -2.79. The number of hydrogen-bond acceptors (Lipinski definition) is 9. The first-order valence-electron chi connectivity index (χ1n) is 10.3. The molecule has 0 amide bonds. The standard InChI is InChI=1S/C22H27BrN6O3/c23-18-8-6-17(7-9-18)16-26-21-27-20(25-11-13-31-15-14-30-12-10-24)28-22(29-21)32-19-4-2-1-3-5-19/h1-9H,10-16,24H2,(H2,25,26,27,28,29). The number of halogens is 1. The molecule has 0 spiro atoms. The average Bonchev–Trinajstić information content (AvgIpc) is 2.81. The Balaban J connectivity index is 1.58. The molecular weight excluding hydrogens is 476 g/mol. The quantitative estimate of drug-likeness (QED) is 0.285. The number of aromatic nitrogens is 3. The number of para-hydroxylation sites is 1. The molecule has 9 nitrogen and oxygen atoms in total. The smallest absolute Gasteiger partial charge is 0.328 e. The Morgan fingerprint density at radius 2 is 1.47 bits per heavy atom. The van der Waals surface area contributed by atoms with Crippen LogP contribution in [-0.2, 0) is 16.0 Å². The monoisotopic (exact) mass is 502 g/mol. The zero-order chi connectivity index (χ0) is 22.4. The van der Waals surface area contributed by atoms with Crippen molar-refractivity contribution in [3.63, 3.8) is 0 Å². The zero-order valence-electron chi connectivity index (χ0n) is 17.7. The van der Waals surface area contributed by atoms with Crippen LogP contribution in [0.1, 0.15) is 5.56 Å². The van der Waals surface area contributed by atoms with E-state index in [9.17, 15) is 0 Å². The largest absolute Gasteiger partial charge is 0.424 e. The maximum atomic E-state index is 5.80. The van der Waals surface area contributed by atoms with Crippen LogP contribution in [0.3, 0.4) is 0 Å². The lowest BCUT2D eigenvalue weighted by Crippen LogP contribution is -2.16. The van der Waals surface area contributed by atoms with E-state index in [4.69, 9.17) is 19.9 Å². The Bertz CT molecular complexity index is 931. The van der Waals surface area contributed by atoms with Gasteiger partial charge in [-0.15, -0.1) is 0 Å². The lowest BCUT2D eigenvalue weighted by atomic mass is 10.2. The molecule has 0 saturated carbocycles. The molecule has 0 aliphatic carbocycles. The molecule has 1 heterocycles. The number of nitrogens with zero attached hydrogens (tertiary/aromatic N) is 3. The van der Waals surface area contributed by atoms with Crippen LogP contribution in [-0.4, -0.2) is 54.5 Å². The van der Waals surface area contributed by atoms with Gasteiger partial charge in [-0.1, -0.05) is 46.3 Å². The molecule has 3 aromatic rings. The van der Waals surface area contributed by atoms with Crippen LogP contribution < -0.4 is 21.1 Å². The molecule has 0 radical (unpaired) electrons. The first-order valence-corrected chi connectivity index (χ1v) is 11.1. The summed E-state index contributed by atoms with van der Waals surface area (Å²) in [5.41, 5.74) is 6.47. The highest BCUT2D eigenvalue weighted by Gasteiger charge is 2.09. The molecule has 0 fully saturated rings. The normalized spacial score (nSPS) is 10.7. The number of benzene rings is 2. The summed E-state index contributed by atoms with van der Waals surface area (Å²) in [5, 5.41) is 6.37. The maximum Gasteiger partial charge on any atom is 0.328 e. The molecule has 0 unspecified atom stereocenters. The molecule has 170 valence electrons. The van der Waals surface area contributed by atoms with Gasteiger partial charge in [-0.2, -0.15) is 15.0 Å². The molecule has 0 aliphatic rings. The average molecular weight is 503 g/mol. The highest BCUT2D eigenvalue weighted by molar-refractivity contribution is 9.10. The first-order chi connectivity index (χ1) is 15.7. The van der Waals surface area contributed by atoms with Crippen molar-refractivity contribution in [2.45, 2.75) is 6.54 Å². The van der Waals surface area contributed by atoms with Crippen molar-refractivity contribution in [3.8, 4) is 11.8 Å². The fourth-order valence-electron chi connectivity index (χ4n) is 2.58. The van der Waals surface area contributed by atoms with E-state index in [-0.39, 0.29) is 6.01 Å². The van der Waals surface area contributed by atoms with E-state index in [1.54, 1.807) is 0 Å². The summed E-state index contributed by atoms with van der Waals surface area (Å²) in [6, 6.07) is 17.6. The van der Waals surface area contributed by atoms with Gasteiger partial charge in [0.05, 0.1) is 26.4 Å². The highest BCUT2D eigenvalue weighted by Crippen LogP contribution is 2.20. The first kappa shape index (κ1) is 23.9. The molecule has 0 atom stereocenters. The number of ether oxygens (including phenoxy) is 3. The number of nitrogens with one attached hydrogen (secondary N) is 2. The maximum absolute atomic E-state index is 5.80. The van der Waals surface area contributed by atoms with Crippen LogP contribution in [0.2, 0.25) is 0 Å². The molecule has 0 bridgehead atoms. The third-order valence-corrected chi connectivity index (χ3v) is 4.62. The lowest BCUT2D eigenvalue weighted by molar-refractivity contribution is 0.0547. The topological polar surface area (TPSA) is 116 Å². The summed E-state index contributed by atoms with van der Waals surface area (Å²) in [6.07, 6.45) is 0.